The smallest absolute Gasteiger partial charge is 0.0322 e. The predicted molar refractivity (Wildman–Crippen MR) is 71.5 cm³/mol. The molecule has 0 saturated heterocycles. The summed E-state index contributed by atoms with van der Waals surface area (Å²) in [4.78, 5) is 0. The lowest BCUT2D eigenvalue weighted by Gasteiger charge is -2.22. The highest BCUT2D eigenvalue weighted by Gasteiger charge is 2.12. The van der Waals surface area contributed by atoms with Crippen molar-refractivity contribution in [2.45, 2.75) is 40.2 Å². The molecule has 0 aliphatic heterocycles. The van der Waals surface area contributed by atoms with Crippen LogP contribution < -0.4 is 5.32 Å². The molecule has 1 nitrogen and oxygen atoms in total. The van der Waals surface area contributed by atoms with Gasteiger partial charge in [0.2, 0.25) is 0 Å². The third kappa shape index (κ3) is 4.80. The molecule has 0 saturated carbocycles. The summed E-state index contributed by atoms with van der Waals surface area (Å²) in [6.07, 6.45) is 1.21. The lowest BCUT2D eigenvalue weighted by atomic mass is 9.96. The molecule has 1 aromatic carbocycles. The molecule has 0 heterocycles. The van der Waals surface area contributed by atoms with E-state index in [0.29, 0.717) is 12.0 Å². The summed E-state index contributed by atoms with van der Waals surface area (Å²) in [5.41, 5.74) is 1.41. The largest absolute Gasteiger partial charge is 0.310 e. The molecule has 16 heavy (non-hydrogen) atoms. The van der Waals surface area contributed by atoms with Crippen LogP contribution in [0, 0.1) is 11.8 Å². The zero-order chi connectivity index (χ0) is 12.0. The molecular weight excluding hydrogens is 194 g/mol. The van der Waals surface area contributed by atoms with Crippen molar-refractivity contribution in [2.24, 2.45) is 11.8 Å². The lowest BCUT2D eigenvalue weighted by molar-refractivity contribution is 0.405. The van der Waals surface area contributed by atoms with Crippen molar-refractivity contribution in [2.75, 3.05) is 6.54 Å². The highest BCUT2D eigenvalue weighted by Crippen LogP contribution is 2.21. The van der Waals surface area contributed by atoms with Crippen LogP contribution in [0.2, 0.25) is 0 Å². The van der Waals surface area contributed by atoms with Gasteiger partial charge in [0.1, 0.15) is 0 Å². The van der Waals surface area contributed by atoms with Crippen LogP contribution in [-0.4, -0.2) is 6.54 Å². The monoisotopic (exact) mass is 219 g/mol. The van der Waals surface area contributed by atoms with E-state index in [0.717, 1.165) is 12.5 Å². The van der Waals surface area contributed by atoms with Gasteiger partial charge in [-0.2, -0.15) is 0 Å². The van der Waals surface area contributed by atoms with Crippen LogP contribution in [0.15, 0.2) is 30.3 Å². The Morgan fingerprint density at radius 3 is 2.06 bits per heavy atom. The summed E-state index contributed by atoms with van der Waals surface area (Å²) in [6.45, 7) is 10.2. The molecule has 0 aliphatic rings. The Morgan fingerprint density at radius 1 is 0.938 bits per heavy atom. The molecule has 1 rings (SSSR count). The van der Waals surface area contributed by atoms with Crippen molar-refractivity contribution < 1.29 is 0 Å². The van der Waals surface area contributed by atoms with E-state index < -0.39 is 0 Å². The molecule has 0 aliphatic carbocycles. The minimum atomic E-state index is 0.503. The van der Waals surface area contributed by atoms with Crippen molar-refractivity contribution in [3.05, 3.63) is 35.9 Å². The second kappa shape index (κ2) is 6.70. The van der Waals surface area contributed by atoms with E-state index in [2.05, 4.69) is 63.3 Å². The second-order valence-corrected chi connectivity index (χ2v) is 5.39. The standard InChI is InChI=1S/C15H25N/c1-12(2)10-15(16-11-13(3)4)14-8-6-5-7-9-14/h5-9,12-13,15-16H,10-11H2,1-4H3. The first-order chi connectivity index (χ1) is 7.59. The van der Waals surface area contributed by atoms with Gasteiger partial charge in [-0.05, 0) is 30.4 Å². The van der Waals surface area contributed by atoms with Gasteiger partial charge in [0.05, 0.1) is 0 Å². The Labute approximate surface area is 100 Å². The fraction of sp³-hybridized carbons (Fsp3) is 0.600. The minimum absolute atomic E-state index is 0.503. The van der Waals surface area contributed by atoms with Crippen LogP contribution in [0.1, 0.15) is 45.7 Å². The van der Waals surface area contributed by atoms with Crippen molar-refractivity contribution in [1.82, 2.24) is 5.32 Å². The van der Waals surface area contributed by atoms with Gasteiger partial charge in [-0.3, -0.25) is 0 Å². The normalized spacial score (nSPS) is 13.4. The van der Waals surface area contributed by atoms with E-state index in [4.69, 9.17) is 0 Å². The van der Waals surface area contributed by atoms with Crippen LogP contribution in [-0.2, 0) is 0 Å². The van der Waals surface area contributed by atoms with Gasteiger partial charge in [-0.15, -0.1) is 0 Å². The van der Waals surface area contributed by atoms with E-state index >= 15 is 0 Å². The molecule has 1 heteroatoms. The molecule has 0 amide bonds. The van der Waals surface area contributed by atoms with Gasteiger partial charge in [0, 0.05) is 6.04 Å². The molecule has 0 fully saturated rings. The Hall–Kier alpha value is -0.820. The van der Waals surface area contributed by atoms with E-state index in [9.17, 15) is 0 Å². The highest BCUT2D eigenvalue weighted by molar-refractivity contribution is 5.18. The zero-order valence-corrected chi connectivity index (χ0v) is 11.0. The summed E-state index contributed by atoms with van der Waals surface area (Å²) in [7, 11) is 0. The first-order valence-corrected chi connectivity index (χ1v) is 6.38. The van der Waals surface area contributed by atoms with Crippen LogP contribution in [0.4, 0.5) is 0 Å². The van der Waals surface area contributed by atoms with Crippen molar-refractivity contribution >= 4 is 0 Å². The van der Waals surface area contributed by atoms with E-state index in [1.165, 1.54) is 12.0 Å². The quantitative estimate of drug-likeness (QED) is 0.762. The third-order valence-corrected chi connectivity index (χ3v) is 2.68. The van der Waals surface area contributed by atoms with E-state index in [1.54, 1.807) is 0 Å². The average Bonchev–Trinajstić information content (AvgIpc) is 2.25. The Balaban J connectivity index is 2.64. The zero-order valence-electron chi connectivity index (χ0n) is 11.0. The maximum atomic E-state index is 3.67. The van der Waals surface area contributed by atoms with Crippen LogP contribution in [0.5, 0.6) is 0 Å². The van der Waals surface area contributed by atoms with Crippen LogP contribution >= 0.6 is 0 Å². The van der Waals surface area contributed by atoms with Crippen LogP contribution in [0.3, 0.4) is 0 Å². The summed E-state index contributed by atoms with van der Waals surface area (Å²) in [5.74, 6) is 1.43. The maximum absolute atomic E-state index is 3.67. The SMILES string of the molecule is CC(C)CNC(CC(C)C)c1ccccc1. The van der Waals surface area contributed by atoms with Crippen molar-refractivity contribution in [3.8, 4) is 0 Å². The minimum Gasteiger partial charge on any atom is -0.310 e. The van der Waals surface area contributed by atoms with Gasteiger partial charge in [0.25, 0.3) is 0 Å². The summed E-state index contributed by atoms with van der Waals surface area (Å²) in [5, 5.41) is 3.67. The summed E-state index contributed by atoms with van der Waals surface area (Å²) < 4.78 is 0. The Morgan fingerprint density at radius 2 is 1.56 bits per heavy atom. The number of hydrogen-bond donors (Lipinski definition) is 1. The molecule has 0 aromatic heterocycles. The summed E-state index contributed by atoms with van der Waals surface area (Å²) in [6, 6.07) is 11.3. The van der Waals surface area contributed by atoms with Gasteiger partial charge in [-0.25, -0.2) is 0 Å². The Kier molecular flexibility index (Phi) is 5.54. The molecular formula is C15H25N. The Bertz CT molecular complexity index is 277. The molecule has 1 atom stereocenters. The fourth-order valence-electron chi connectivity index (χ4n) is 1.87. The van der Waals surface area contributed by atoms with Gasteiger partial charge < -0.3 is 5.32 Å². The van der Waals surface area contributed by atoms with Crippen molar-refractivity contribution in [3.63, 3.8) is 0 Å². The molecule has 0 bridgehead atoms. The van der Waals surface area contributed by atoms with Gasteiger partial charge in [-0.1, -0.05) is 58.0 Å². The third-order valence-electron chi connectivity index (χ3n) is 2.68. The molecule has 90 valence electrons. The topological polar surface area (TPSA) is 12.0 Å². The lowest BCUT2D eigenvalue weighted by Crippen LogP contribution is -2.26. The molecule has 1 unspecified atom stereocenters. The molecule has 0 spiro atoms. The molecule has 1 aromatic rings. The van der Waals surface area contributed by atoms with Gasteiger partial charge in [0.15, 0.2) is 0 Å². The van der Waals surface area contributed by atoms with Crippen LogP contribution in [0.25, 0.3) is 0 Å². The van der Waals surface area contributed by atoms with E-state index in [-0.39, 0.29) is 0 Å². The van der Waals surface area contributed by atoms with E-state index in [1.807, 2.05) is 0 Å². The number of benzene rings is 1. The molecule has 0 radical (unpaired) electrons. The first-order valence-electron chi connectivity index (χ1n) is 6.38. The number of rotatable bonds is 6. The average molecular weight is 219 g/mol. The fourth-order valence-corrected chi connectivity index (χ4v) is 1.87. The number of nitrogens with one attached hydrogen (secondary N) is 1. The number of hydrogen-bond acceptors (Lipinski definition) is 1. The van der Waals surface area contributed by atoms with Crippen molar-refractivity contribution in [1.29, 1.82) is 0 Å². The first kappa shape index (κ1) is 13.2. The second-order valence-electron chi connectivity index (χ2n) is 5.39. The van der Waals surface area contributed by atoms with Gasteiger partial charge >= 0.3 is 0 Å². The predicted octanol–water partition coefficient (Wildman–Crippen LogP) is 4.02. The summed E-state index contributed by atoms with van der Waals surface area (Å²) >= 11 is 0. The molecule has 1 N–H and O–H groups in total. The highest BCUT2D eigenvalue weighted by atomic mass is 14.9. The maximum Gasteiger partial charge on any atom is 0.0322 e.